The number of alkyl halides is 8. The summed E-state index contributed by atoms with van der Waals surface area (Å²) in [6, 6.07) is 4.06. The number of fused-ring (bicyclic) bond motifs is 1. The van der Waals surface area contributed by atoms with E-state index in [1.54, 1.807) is 6.92 Å². The molecule has 0 bridgehead atoms. The zero-order valence-electron chi connectivity index (χ0n) is 24.3. The van der Waals surface area contributed by atoms with Gasteiger partial charge in [0, 0.05) is 32.5 Å². The molecule has 3 aromatic rings. The predicted molar refractivity (Wildman–Crippen MR) is 146 cm³/mol. The molecule has 2 aromatic heterocycles. The minimum absolute atomic E-state index is 0.00305. The minimum atomic E-state index is -4.70. The smallest absolute Gasteiger partial charge is 0.416 e. The number of halogens is 8. The Morgan fingerprint density at radius 1 is 1.04 bits per heavy atom. The first-order chi connectivity index (χ1) is 21.1. The molecule has 0 radical (unpaired) electrons. The summed E-state index contributed by atoms with van der Waals surface area (Å²) in [7, 11) is 1.45. The highest BCUT2D eigenvalue weighted by Crippen LogP contribution is 2.38. The molecule has 0 spiro atoms. The maximum atomic E-state index is 13.9. The number of hydrogen-bond acceptors (Lipinski definition) is 5. The van der Waals surface area contributed by atoms with Crippen LogP contribution in [0.3, 0.4) is 0 Å². The van der Waals surface area contributed by atoms with Crippen molar-refractivity contribution in [1.82, 2.24) is 25.2 Å². The van der Waals surface area contributed by atoms with Crippen molar-refractivity contribution in [3.8, 4) is 5.88 Å². The van der Waals surface area contributed by atoms with E-state index in [1.807, 2.05) is 0 Å². The number of rotatable bonds is 10. The number of nitrogens with zero attached hydrogens (tertiary/aromatic N) is 3. The number of benzene rings is 1. The molecule has 16 heteroatoms. The number of carbonyl (C=O) groups is 2. The van der Waals surface area contributed by atoms with Crippen LogP contribution in [0, 0.1) is 5.92 Å². The number of amides is 2. The highest BCUT2D eigenvalue weighted by Gasteiger charge is 2.41. The maximum absolute atomic E-state index is 13.9. The monoisotopic (exact) mass is 649 g/mol. The Kier molecular flexibility index (Phi) is 10.2. The third-order valence-electron chi connectivity index (χ3n) is 7.65. The molecule has 1 saturated carbocycles. The molecule has 2 amide bonds. The first kappa shape index (κ1) is 33.9. The van der Waals surface area contributed by atoms with Crippen molar-refractivity contribution in [3.05, 3.63) is 52.3 Å². The number of pyridine rings is 1. The van der Waals surface area contributed by atoms with E-state index < -0.39 is 54.7 Å². The van der Waals surface area contributed by atoms with Gasteiger partial charge in [0.05, 0.1) is 11.5 Å². The van der Waals surface area contributed by atoms with Gasteiger partial charge in [-0.1, -0.05) is 19.1 Å². The summed E-state index contributed by atoms with van der Waals surface area (Å²) in [5, 5.41) is 5.22. The zero-order valence-corrected chi connectivity index (χ0v) is 24.3. The van der Waals surface area contributed by atoms with E-state index >= 15 is 0 Å². The average Bonchev–Trinajstić information content (AvgIpc) is 3.27. The minimum Gasteiger partial charge on any atom is -0.471 e. The Hall–Kier alpha value is -3.98. The second kappa shape index (κ2) is 13.6. The Bertz CT molecular complexity index is 1530. The lowest BCUT2D eigenvalue weighted by molar-refractivity contribution is -0.182. The van der Waals surface area contributed by atoms with E-state index in [4.69, 9.17) is 4.74 Å². The van der Waals surface area contributed by atoms with Gasteiger partial charge < -0.3 is 19.9 Å². The number of ether oxygens (including phenoxy) is 1. The van der Waals surface area contributed by atoms with Crippen molar-refractivity contribution < 1.29 is 49.4 Å². The van der Waals surface area contributed by atoms with E-state index in [1.165, 1.54) is 29.8 Å². The van der Waals surface area contributed by atoms with Crippen LogP contribution in [0.5, 0.6) is 5.88 Å². The largest absolute Gasteiger partial charge is 0.471 e. The van der Waals surface area contributed by atoms with Crippen molar-refractivity contribution in [1.29, 1.82) is 0 Å². The molecule has 0 aliphatic heterocycles. The van der Waals surface area contributed by atoms with Crippen molar-refractivity contribution in [2.75, 3.05) is 6.61 Å². The van der Waals surface area contributed by atoms with Crippen LogP contribution >= 0.6 is 0 Å². The lowest BCUT2D eigenvalue weighted by Crippen LogP contribution is -2.40. The topological polar surface area (TPSA) is 98.1 Å². The Balaban J connectivity index is 1.65. The Morgan fingerprint density at radius 2 is 1.73 bits per heavy atom. The van der Waals surface area contributed by atoms with Gasteiger partial charge in [-0.3, -0.25) is 9.59 Å². The maximum Gasteiger partial charge on any atom is 0.416 e. The van der Waals surface area contributed by atoms with Crippen molar-refractivity contribution >= 4 is 23.0 Å². The van der Waals surface area contributed by atoms with Crippen LogP contribution < -0.4 is 15.4 Å². The summed E-state index contributed by atoms with van der Waals surface area (Å²) < 4.78 is 113. The summed E-state index contributed by atoms with van der Waals surface area (Å²) in [4.78, 5) is 33.4. The van der Waals surface area contributed by atoms with Crippen LogP contribution in [-0.4, -0.2) is 51.6 Å². The summed E-state index contributed by atoms with van der Waals surface area (Å²) in [6.45, 7) is 0.522. The van der Waals surface area contributed by atoms with Crippen LogP contribution in [0.15, 0.2) is 24.3 Å². The molecule has 1 aliphatic rings. The first-order valence-corrected chi connectivity index (χ1v) is 14.2. The van der Waals surface area contributed by atoms with Crippen LogP contribution in [0.4, 0.5) is 35.1 Å². The van der Waals surface area contributed by atoms with Gasteiger partial charge in [-0.2, -0.15) is 31.3 Å². The van der Waals surface area contributed by atoms with Crippen LogP contribution in [0.2, 0.25) is 0 Å². The molecule has 2 N–H and O–H groups in total. The molecule has 4 rings (SSSR count). The van der Waals surface area contributed by atoms with Crippen LogP contribution in [0.25, 0.3) is 11.2 Å². The highest BCUT2D eigenvalue weighted by atomic mass is 19.4. The standard InChI is InChI=1S/C29H31F8N5O3/c1-3-24(43)38-13-15-4-9-20(29(35,36)37)16(10-15)11-23-40-21-12-19(27(45-14-22(30)31)41-25(21)42(23)2)26(44)39-18-7-5-17(6-8-18)28(32,33)34/h4,9-10,12,17-18,22H,3,5-8,11,13-14H2,1-2H3,(H,38,43)(H,39,44). The molecular formula is C29H31F8N5O3. The quantitative estimate of drug-likeness (QED) is 0.259. The number of imidazole rings is 1. The molecule has 1 aliphatic carbocycles. The van der Waals surface area contributed by atoms with E-state index in [0.29, 0.717) is 5.56 Å². The highest BCUT2D eigenvalue weighted by molar-refractivity contribution is 5.99. The normalized spacial score (nSPS) is 17.5. The van der Waals surface area contributed by atoms with E-state index in [9.17, 15) is 44.7 Å². The number of aryl methyl sites for hydroxylation is 1. The molecule has 45 heavy (non-hydrogen) atoms. The Morgan fingerprint density at radius 3 is 2.33 bits per heavy atom. The Labute approximate surface area is 252 Å². The molecule has 0 saturated heterocycles. The molecule has 1 fully saturated rings. The second-order valence-electron chi connectivity index (χ2n) is 10.8. The van der Waals surface area contributed by atoms with E-state index in [0.717, 1.165) is 6.07 Å². The third kappa shape index (κ3) is 8.39. The van der Waals surface area contributed by atoms with E-state index in [-0.39, 0.29) is 79.1 Å². The molecule has 246 valence electrons. The molecule has 0 unspecified atom stereocenters. The molecule has 8 nitrogen and oxygen atoms in total. The zero-order chi connectivity index (χ0) is 33.1. The first-order valence-electron chi connectivity index (χ1n) is 14.2. The lowest BCUT2D eigenvalue weighted by atomic mass is 9.85. The van der Waals surface area contributed by atoms with Crippen molar-refractivity contribution in [2.24, 2.45) is 13.0 Å². The van der Waals surface area contributed by atoms with Gasteiger partial charge in [-0.05, 0) is 48.9 Å². The predicted octanol–water partition coefficient (Wildman–Crippen LogP) is 6.10. The molecule has 2 heterocycles. The van der Waals surface area contributed by atoms with Gasteiger partial charge in [0.1, 0.15) is 16.9 Å². The fourth-order valence-electron chi connectivity index (χ4n) is 5.22. The summed E-state index contributed by atoms with van der Waals surface area (Å²) in [6.07, 6.45) is -12.4. The van der Waals surface area contributed by atoms with Gasteiger partial charge in [-0.15, -0.1) is 0 Å². The van der Waals surface area contributed by atoms with Gasteiger partial charge in [0.25, 0.3) is 12.3 Å². The SMILES string of the molecule is CCC(=O)NCc1ccc(C(F)(F)F)c(Cc2nc3cc(C(=O)NC4CCC(C(F)(F)F)CC4)c(OCC(F)F)nc3n2C)c1. The number of hydrogen-bond donors (Lipinski definition) is 2. The number of nitrogens with one attached hydrogen (secondary N) is 2. The molecule has 0 atom stereocenters. The van der Waals surface area contributed by atoms with Gasteiger partial charge in [0.2, 0.25) is 11.8 Å². The summed E-state index contributed by atoms with van der Waals surface area (Å²) in [5.41, 5.74) is -0.850. The third-order valence-corrected chi connectivity index (χ3v) is 7.65. The van der Waals surface area contributed by atoms with Gasteiger partial charge in [0.15, 0.2) is 12.3 Å². The number of aromatic nitrogens is 3. The van der Waals surface area contributed by atoms with Crippen LogP contribution in [0.1, 0.15) is 71.9 Å². The fourth-order valence-corrected chi connectivity index (χ4v) is 5.22. The fraction of sp³-hybridized carbons (Fsp3) is 0.517. The van der Waals surface area contributed by atoms with Crippen molar-refractivity contribution in [2.45, 2.75) is 76.8 Å². The van der Waals surface area contributed by atoms with Gasteiger partial charge >= 0.3 is 12.4 Å². The molecular weight excluding hydrogens is 618 g/mol. The average molecular weight is 650 g/mol. The van der Waals surface area contributed by atoms with Crippen LogP contribution in [-0.2, 0) is 31.0 Å². The number of carbonyl (C=O) groups excluding carboxylic acids is 2. The summed E-state index contributed by atoms with van der Waals surface area (Å²) >= 11 is 0. The van der Waals surface area contributed by atoms with Gasteiger partial charge in [-0.25, -0.2) is 13.8 Å². The molecule has 1 aromatic carbocycles. The van der Waals surface area contributed by atoms with Crippen molar-refractivity contribution in [3.63, 3.8) is 0 Å². The lowest BCUT2D eigenvalue weighted by Gasteiger charge is -2.30. The van der Waals surface area contributed by atoms with E-state index in [2.05, 4.69) is 20.6 Å². The summed E-state index contributed by atoms with van der Waals surface area (Å²) in [5.74, 6) is -2.97. The second-order valence-corrected chi connectivity index (χ2v) is 10.8.